The minimum Gasteiger partial charge on any atom is -0.508 e. The molecular weight excluding hydrogens is 372 g/mol. The number of methoxy groups -OCH3 is 1. The smallest absolute Gasteiger partial charge is 0.229 e. The fraction of sp³-hybridized carbons (Fsp3) is 0.368. The minimum atomic E-state index is -1.59. The standard InChI is InChI=1S/C19H22O9/c1-26-12-5-10(4-11(21)7-12)9-2-3-14(13(22)6-9)27-19-18(25)17(24)16(23)15(8-20)28-19/h2-7,15-25H,8H2,1H3/t15-,16-,17+,18-,19-/m1/s1. The van der Waals surface area contributed by atoms with Crippen molar-refractivity contribution in [2.75, 3.05) is 13.7 Å². The molecule has 3 rings (SSSR count). The molecule has 0 spiro atoms. The molecule has 152 valence electrons. The Morgan fingerprint density at radius 3 is 2.32 bits per heavy atom. The summed E-state index contributed by atoms with van der Waals surface area (Å²) < 4.78 is 15.8. The number of phenols is 2. The van der Waals surface area contributed by atoms with Gasteiger partial charge in [-0.25, -0.2) is 0 Å². The average molecular weight is 394 g/mol. The summed E-state index contributed by atoms with van der Waals surface area (Å²) >= 11 is 0. The summed E-state index contributed by atoms with van der Waals surface area (Å²) in [6.45, 7) is -0.588. The number of ether oxygens (including phenoxy) is 3. The summed E-state index contributed by atoms with van der Waals surface area (Å²) in [7, 11) is 1.47. The molecule has 28 heavy (non-hydrogen) atoms. The molecule has 0 radical (unpaired) electrons. The lowest BCUT2D eigenvalue weighted by molar-refractivity contribution is -0.277. The molecule has 6 N–H and O–H groups in total. The Kier molecular flexibility index (Phi) is 5.92. The van der Waals surface area contributed by atoms with Gasteiger partial charge < -0.3 is 44.8 Å². The zero-order valence-corrected chi connectivity index (χ0v) is 15.0. The van der Waals surface area contributed by atoms with E-state index < -0.39 is 37.3 Å². The lowest BCUT2D eigenvalue weighted by Gasteiger charge is -2.39. The van der Waals surface area contributed by atoms with Gasteiger partial charge in [0.15, 0.2) is 11.5 Å². The van der Waals surface area contributed by atoms with E-state index in [-0.39, 0.29) is 17.2 Å². The van der Waals surface area contributed by atoms with Crippen molar-refractivity contribution >= 4 is 0 Å². The second kappa shape index (κ2) is 8.21. The normalized spacial score (nSPS) is 27.4. The molecule has 1 aliphatic heterocycles. The van der Waals surface area contributed by atoms with E-state index in [2.05, 4.69) is 0 Å². The summed E-state index contributed by atoms with van der Waals surface area (Å²) in [6, 6.07) is 9.02. The monoisotopic (exact) mass is 394 g/mol. The first-order valence-corrected chi connectivity index (χ1v) is 8.52. The van der Waals surface area contributed by atoms with Gasteiger partial charge in [0.25, 0.3) is 0 Å². The van der Waals surface area contributed by atoms with Gasteiger partial charge in [-0.05, 0) is 35.4 Å². The predicted molar refractivity (Wildman–Crippen MR) is 96.2 cm³/mol. The highest BCUT2D eigenvalue weighted by atomic mass is 16.7. The van der Waals surface area contributed by atoms with E-state index in [0.29, 0.717) is 16.9 Å². The van der Waals surface area contributed by atoms with E-state index in [1.807, 2.05) is 0 Å². The van der Waals surface area contributed by atoms with E-state index in [1.54, 1.807) is 12.1 Å². The molecule has 0 aliphatic carbocycles. The van der Waals surface area contributed by atoms with Gasteiger partial charge in [-0.2, -0.15) is 0 Å². The Morgan fingerprint density at radius 1 is 0.929 bits per heavy atom. The van der Waals surface area contributed by atoms with Crippen molar-refractivity contribution in [3.63, 3.8) is 0 Å². The maximum atomic E-state index is 10.3. The van der Waals surface area contributed by atoms with Crippen LogP contribution in [0, 0.1) is 0 Å². The maximum Gasteiger partial charge on any atom is 0.229 e. The summed E-state index contributed by atoms with van der Waals surface area (Å²) in [6.07, 6.45) is -7.21. The first-order chi connectivity index (χ1) is 13.3. The summed E-state index contributed by atoms with van der Waals surface area (Å²) in [5.74, 6) is 0.114. The molecule has 2 aromatic carbocycles. The van der Waals surface area contributed by atoms with Gasteiger partial charge >= 0.3 is 0 Å². The lowest BCUT2D eigenvalue weighted by Crippen LogP contribution is -2.60. The SMILES string of the molecule is COc1cc(O)cc(-c2ccc(O[C@@H]3O[C@H](CO)[C@@H](O)[C@H](O)[C@H]3O)c(O)c2)c1. The predicted octanol–water partition coefficient (Wildman–Crippen LogP) is -0.0479. The van der Waals surface area contributed by atoms with Crippen molar-refractivity contribution in [3.8, 4) is 34.1 Å². The van der Waals surface area contributed by atoms with Crippen LogP contribution in [0.15, 0.2) is 36.4 Å². The molecule has 1 aliphatic rings. The van der Waals surface area contributed by atoms with Gasteiger partial charge in [0.2, 0.25) is 6.29 Å². The van der Waals surface area contributed by atoms with Crippen LogP contribution in [0.3, 0.4) is 0 Å². The topological polar surface area (TPSA) is 149 Å². The molecule has 0 unspecified atom stereocenters. The number of aliphatic hydroxyl groups is 4. The second-order valence-corrected chi connectivity index (χ2v) is 6.42. The molecular formula is C19H22O9. The van der Waals surface area contributed by atoms with Crippen LogP contribution in [0.4, 0.5) is 0 Å². The zero-order valence-electron chi connectivity index (χ0n) is 15.0. The number of aromatic hydroxyl groups is 2. The largest absolute Gasteiger partial charge is 0.508 e. The van der Waals surface area contributed by atoms with Gasteiger partial charge in [0.1, 0.15) is 35.9 Å². The van der Waals surface area contributed by atoms with Crippen LogP contribution in [-0.4, -0.2) is 75.1 Å². The zero-order chi connectivity index (χ0) is 20.4. The highest BCUT2D eigenvalue weighted by molar-refractivity contribution is 5.69. The van der Waals surface area contributed by atoms with Crippen molar-refractivity contribution in [1.29, 1.82) is 0 Å². The van der Waals surface area contributed by atoms with Crippen molar-refractivity contribution in [1.82, 2.24) is 0 Å². The Bertz CT molecular complexity index is 823. The third kappa shape index (κ3) is 3.98. The van der Waals surface area contributed by atoms with Crippen LogP contribution in [0.5, 0.6) is 23.0 Å². The van der Waals surface area contributed by atoms with Crippen molar-refractivity contribution < 1.29 is 44.8 Å². The molecule has 5 atom stereocenters. The Labute approximate surface area is 160 Å². The van der Waals surface area contributed by atoms with Gasteiger partial charge in [-0.3, -0.25) is 0 Å². The van der Waals surface area contributed by atoms with Crippen LogP contribution >= 0.6 is 0 Å². The van der Waals surface area contributed by atoms with E-state index in [4.69, 9.17) is 14.2 Å². The number of phenolic OH excluding ortho intramolecular Hbond substituents is 2. The number of hydrogen-bond acceptors (Lipinski definition) is 9. The molecule has 0 bridgehead atoms. The quantitative estimate of drug-likeness (QED) is 0.410. The van der Waals surface area contributed by atoms with Gasteiger partial charge in [-0.1, -0.05) is 6.07 Å². The molecule has 9 heteroatoms. The minimum absolute atomic E-state index is 0.00418. The average Bonchev–Trinajstić information content (AvgIpc) is 2.69. The highest BCUT2D eigenvalue weighted by Crippen LogP contribution is 2.36. The van der Waals surface area contributed by atoms with Crippen molar-refractivity contribution in [2.45, 2.75) is 30.7 Å². The fourth-order valence-electron chi connectivity index (χ4n) is 2.95. The molecule has 0 amide bonds. The van der Waals surface area contributed by atoms with E-state index in [0.717, 1.165) is 0 Å². The summed E-state index contributed by atoms with van der Waals surface area (Å²) in [5, 5.41) is 58.9. The number of rotatable bonds is 5. The van der Waals surface area contributed by atoms with Gasteiger partial charge in [0.05, 0.1) is 13.7 Å². The third-order valence-corrected chi connectivity index (χ3v) is 4.51. The number of benzene rings is 2. The van der Waals surface area contributed by atoms with E-state index >= 15 is 0 Å². The lowest BCUT2D eigenvalue weighted by atomic mass is 9.99. The van der Waals surface area contributed by atoms with Crippen molar-refractivity contribution in [3.05, 3.63) is 36.4 Å². The van der Waals surface area contributed by atoms with Gasteiger partial charge in [0, 0.05) is 6.07 Å². The number of aliphatic hydroxyl groups excluding tert-OH is 4. The first-order valence-electron chi connectivity index (χ1n) is 8.52. The van der Waals surface area contributed by atoms with E-state index in [9.17, 15) is 30.6 Å². The summed E-state index contributed by atoms with van der Waals surface area (Å²) in [5.41, 5.74) is 1.15. The van der Waals surface area contributed by atoms with Crippen LogP contribution < -0.4 is 9.47 Å². The van der Waals surface area contributed by atoms with Crippen LogP contribution in [0.1, 0.15) is 0 Å². The van der Waals surface area contributed by atoms with Crippen LogP contribution in [0.25, 0.3) is 11.1 Å². The van der Waals surface area contributed by atoms with Crippen LogP contribution in [0.2, 0.25) is 0 Å². The highest BCUT2D eigenvalue weighted by Gasteiger charge is 2.44. The van der Waals surface area contributed by atoms with Crippen molar-refractivity contribution in [2.24, 2.45) is 0 Å². The fourth-order valence-corrected chi connectivity index (χ4v) is 2.95. The maximum absolute atomic E-state index is 10.3. The molecule has 1 fully saturated rings. The molecule has 0 aromatic heterocycles. The molecule has 2 aromatic rings. The first kappa shape index (κ1) is 20.2. The van der Waals surface area contributed by atoms with Gasteiger partial charge in [-0.15, -0.1) is 0 Å². The van der Waals surface area contributed by atoms with E-state index in [1.165, 1.54) is 31.4 Å². The molecule has 0 saturated carbocycles. The van der Waals surface area contributed by atoms with Crippen LogP contribution in [-0.2, 0) is 4.74 Å². The second-order valence-electron chi connectivity index (χ2n) is 6.42. The Balaban J connectivity index is 1.82. The molecule has 1 heterocycles. The third-order valence-electron chi connectivity index (χ3n) is 4.51. The number of hydrogen-bond donors (Lipinski definition) is 6. The summed E-state index contributed by atoms with van der Waals surface area (Å²) in [4.78, 5) is 0. The Hall–Kier alpha value is -2.56. The molecule has 1 saturated heterocycles. The Morgan fingerprint density at radius 2 is 1.68 bits per heavy atom. The molecule has 9 nitrogen and oxygen atoms in total.